The zero-order valence-electron chi connectivity index (χ0n) is 38.1. The zero-order valence-corrected chi connectivity index (χ0v) is 41.3. The number of aromatic nitrogens is 4. The minimum atomic E-state index is -3.82. The molecule has 64 heavy (non-hydrogen) atoms. The molecule has 0 saturated carbocycles. The number of methoxy groups -OCH3 is 1. The maximum absolute atomic E-state index is 13.4. The molecule has 1 saturated heterocycles. The lowest BCUT2D eigenvalue weighted by molar-refractivity contribution is -0.0925. The molecule has 0 spiro atoms. The minimum absolute atomic E-state index is 0.0130. The van der Waals surface area contributed by atoms with Crippen molar-refractivity contribution in [2.45, 2.75) is 109 Å². The van der Waals surface area contributed by atoms with Gasteiger partial charge in [-0.1, -0.05) is 93.1 Å². The molecule has 5 aromatic rings. The quantitative estimate of drug-likeness (QED) is 0.0349. The van der Waals surface area contributed by atoms with Crippen molar-refractivity contribution in [1.82, 2.24) is 24.2 Å². The first-order valence-electron chi connectivity index (χ1n) is 21.2. The van der Waals surface area contributed by atoms with Crippen LogP contribution >= 0.6 is 8.53 Å². The number of rotatable bonds is 20. The number of fused-ring (bicyclic) bond motifs is 1. The molecule has 3 heterocycles. The van der Waals surface area contributed by atoms with Gasteiger partial charge in [-0.15, -0.1) is 0 Å². The Morgan fingerprint density at radius 3 is 2.19 bits per heavy atom. The van der Waals surface area contributed by atoms with E-state index in [-0.39, 0.29) is 53.9 Å². The predicted molar refractivity (Wildman–Crippen MR) is 250 cm³/mol. The molecule has 6 atom stereocenters. The van der Waals surface area contributed by atoms with Crippen LogP contribution in [0.4, 0.5) is 5.95 Å². The smallest absolute Gasteiger partial charge is 0.280 e. The highest BCUT2D eigenvalue weighted by Gasteiger charge is 2.52. The first-order chi connectivity index (χ1) is 30.3. The summed E-state index contributed by atoms with van der Waals surface area (Å²) >= 11 is 0. The summed E-state index contributed by atoms with van der Waals surface area (Å²) in [6.07, 6.45) is -0.972. The van der Waals surface area contributed by atoms with Gasteiger partial charge in [0.1, 0.15) is 29.7 Å². The Kier molecular flexibility index (Phi) is 15.8. The van der Waals surface area contributed by atoms with Crippen molar-refractivity contribution in [2.75, 3.05) is 31.3 Å². The lowest BCUT2D eigenvalue weighted by Gasteiger charge is -2.39. The third kappa shape index (κ3) is 11.5. The maximum atomic E-state index is 13.4. The van der Waals surface area contributed by atoms with Crippen LogP contribution in [-0.4, -0.2) is 99.3 Å². The molecular formula is C45H60N7O9PSSi. The van der Waals surface area contributed by atoms with E-state index in [0.717, 1.165) is 28.5 Å². The Balaban J connectivity index is 1.55. The molecule has 2 N–H and O–H groups in total. The average Bonchev–Trinajstić information content (AvgIpc) is 3.81. The van der Waals surface area contributed by atoms with Gasteiger partial charge in [0.05, 0.1) is 45.4 Å². The minimum Gasteiger partial charge on any atom is -0.497 e. The normalized spacial score (nSPS) is 19.8. The number of ether oxygens (including phenoxy) is 3. The summed E-state index contributed by atoms with van der Waals surface area (Å²) in [4.78, 5) is 24.8. The molecule has 4 unspecified atom stereocenters. The van der Waals surface area contributed by atoms with Crippen molar-refractivity contribution in [3.05, 3.63) is 118 Å². The average molecular weight is 934 g/mol. The molecule has 3 aromatic carbocycles. The number of imidazole rings is 1. The summed E-state index contributed by atoms with van der Waals surface area (Å²) in [5.74, 6) is 0.408. The Hall–Kier alpha value is -4.54. The van der Waals surface area contributed by atoms with Gasteiger partial charge in [0.2, 0.25) is 16.0 Å². The number of aryl methyl sites for hydroxylation is 1. The van der Waals surface area contributed by atoms with Crippen LogP contribution in [0.15, 0.2) is 90.0 Å². The van der Waals surface area contributed by atoms with Gasteiger partial charge in [0, 0.05) is 12.1 Å². The number of H-pyrrole nitrogens is 1. The standard InChI is InChI=1S/C45H60N7O9PSSi/c1-29(2)52(30(3)4)62(58-26-14-25-46)60-38-36(27-57-45(32-15-12-11-13-16-32,33-19-17-31(5)18-20-33)34-21-23-35(56-9)24-22-34)59-42(39(38)61-64-44(6,7)8)51-28-47-37-40(51)48-43(49-41(37)53)50-63(10,54)55/h11-13,15-24,28-30,36,38-39,42H,14,26-27,64H2,1-10H3,(H2,48,49,50,53)/t36-,38?,39?,42-,45?,62?/m1/s1. The van der Waals surface area contributed by atoms with Crippen LogP contribution in [0.5, 0.6) is 5.75 Å². The van der Waals surface area contributed by atoms with E-state index in [1.54, 1.807) is 11.7 Å². The van der Waals surface area contributed by atoms with Crippen LogP contribution in [0.3, 0.4) is 0 Å². The first kappa shape index (κ1) is 48.9. The summed E-state index contributed by atoms with van der Waals surface area (Å²) in [6.45, 7) is 16.7. The summed E-state index contributed by atoms with van der Waals surface area (Å²) in [5, 5.41) is 9.36. The van der Waals surface area contributed by atoms with E-state index in [9.17, 15) is 18.5 Å². The van der Waals surface area contributed by atoms with E-state index in [2.05, 4.69) is 103 Å². The van der Waals surface area contributed by atoms with E-state index in [1.807, 2.05) is 61.5 Å². The number of hydrogen-bond donors (Lipinski definition) is 2. The van der Waals surface area contributed by atoms with Gasteiger partial charge in [0.25, 0.3) is 14.1 Å². The predicted octanol–water partition coefficient (Wildman–Crippen LogP) is 7.06. The number of benzene rings is 3. The van der Waals surface area contributed by atoms with Crippen LogP contribution in [0, 0.1) is 18.3 Å². The summed E-state index contributed by atoms with van der Waals surface area (Å²) in [7, 11) is -5.37. The van der Waals surface area contributed by atoms with Gasteiger partial charge < -0.3 is 27.7 Å². The lowest BCUT2D eigenvalue weighted by Crippen LogP contribution is -2.43. The monoisotopic (exact) mass is 933 g/mol. The van der Waals surface area contributed by atoms with Gasteiger partial charge in [-0.25, -0.2) is 18.1 Å². The molecule has 1 aliphatic rings. The topological polar surface area (TPSA) is 192 Å². The fourth-order valence-electron chi connectivity index (χ4n) is 7.70. The fraction of sp³-hybridized carbons (Fsp3) is 0.467. The second-order valence-corrected chi connectivity index (χ2v) is 23.5. The molecule has 6 rings (SSSR count). The van der Waals surface area contributed by atoms with Gasteiger partial charge in [-0.2, -0.15) is 10.2 Å². The fourth-order valence-corrected chi connectivity index (χ4v) is 11.0. The Morgan fingerprint density at radius 1 is 0.984 bits per heavy atom. The third-order valence-corrected chi connectivity index (χ3v) is 14.6. The molecule has 1 aliphatic heterocycles. The van der Waals surface area contributed by atoms with E-state index < -0.39 is 64.0 Å². The third-order valence-electron chi connectivity index (χ3n) is 10.5. The Labute approximate surface area is 379 Å². The van der Waals surface area contributed by atoms with E-state index in [4.69, 9.17) is 27.7 Å². The van der Waals surface area contributed by atoms with Crippen molar-refractivity contribution < 1.29 is 36.1 Å². The highest BCUT2D eigenvalue weighted by atomic mass is 32.2. The van der Waals surface area contributed by atoms with Gasteiger partial charge in [-0.3, -0.25) is 19.1 Å². The molecule has 0 bridgehead atoms. The molecule has 2 aromatic heterocycles. The molecule has 1 fully saturated rings. The van der Waals surface area contributed by atoms with Gasteiger partial charge >= 0.3 is 0 Å². The number of aromatic amines is 1. The number of hydrogen-bond acceptors (Lipinski definition) is 13. The second-order valence-electron chi connectivity index (χ2n) is 17.6. The summed E-state index contributed by atoms with van der Waals surface area (Å²) in [6, 6.07) is 28.2. The van der Waals surface area contributed by atoms with Crippen LogP contribution in [0.1, 0.15) is 83.4 Å². The number of anilines is 1. The number of nitrogens with one attached hydrogen (secondary N) is 2. The molecule has 0 radical (unpaired) electrons. The molecule has 344 valence electrons. The van der Waals surface area contributed by atoms with Crippen molar-refractivity contribution in [3.63, 3.8) is 0 Å². The highest BCUT2D eigenvalue weighted by molar-refractivity contribution is 7.92. The van der Waals surface area contributed by atoms with Crippen molar-refractivity contribution in [2.24, 2.45) is 0 Å². The Morgan fingerprint density at radius 2 is 1.61 bits per heavy atom. The Bertz CT molecular complexity index is 2520. The van der Waals surface area contributed by atoms with Crippen molar-refractivity contribution >= 4 is 45.4 Å². The maximum Gasteiger partial charge on any atom is 0.280 e. The van der Waals surface area contributed by atoms with Crippen LogP contribution < -0.4 is 15.0 Å². The number of sulfonamides is 1. The second kappa shape index (κ2) is 20.7. The number of nitriles is 1. The largest absolute Gasteiger partial charge is 0.497 e. The van der Waals surface area contributed by atoms with Crippen LogP contribution in [0.2, 0.25) is 5.04 Å². The van der Waals surface area contributed by atoms with Gasteiger partial charge in [-0.05, 0) is 68.5 Å². The summed E-state index contributed by atoms with van der Waals surface area (Å²) < 4.78 is 71.5. The van der Waals surface area contributed by atoms with Gasteiger partial charge in [0.15, 0.2) is 27.2 Å². The highest BCUT2D eigenvalue weighted by Crippen LogP contribution is 2.52. The zero-order chi connectivity index (χ0) is 46.4. The molecular weight excluding hydrogens is 874 g/mol. The molecule has 0 amide bonds. The van der Waals surface area contributed by atoms with Crippen LogP contribution in [0.25, 0.3) is 11.2 Å². The van der Waals surface area contributed by atoms with Crippen LogP contribution in [-0.2, 0) is 38.6 Å². The van der Waals surface area contributed by atoms with E-state index >= 15 is 0 Å². The van der Waals surface area contributed by atoms with E-state index in [0.29, 0.717) is 5.75 Å². The summed E-state index contributed by atoms with van der Waals surface area (Å²) in [5.41, 5.74) is 1.88. The molecule has 16 nitrogen and oxygen atoms in total. The number of nitrogens with zero attached hydrogens (tertiary/aromatic N) is 5. The molecule has 0 aliphatic carbocycles. The van der Waals surface area contributed by atoms with Crippen molar-refractivity contribution in [1.29, 1.82) is 5.26 Å². The SMILES string of the molecule is COc1ccc(C(OC[C@H]2O[C@@H](n3cnc4c(=O)[nH]c(NS(C)(=O)=O)nc43)C(O[SiH2]C(C)(C)C)C2OP(OCCC#N)N(C(C)C)C(C)C)(c2ccccc2)c2ccc(C)cc2)cc1. The van der Waals surface area contributed by atoms with E-state index in [1.165, 1.54) is 6.33 Å². The first-order valence-corrected chi connectivity index (χ1v) is 25.5. The van der Waals surface area contributed by atoms with Crippen molar-refractivity contribution in [3.8, 4) is 11.8 Å². The molecule has 19 heteroatoms. The lowest BCUT2D eigenvalue weighted by atomic mass is 9.79.